The maximum atomic E-state index is 11.8. The second kappa shape index (κ2) is 6.21. The highest BCUT2D eigenvalue weighted by molar-refractivity contribution is 6.04. The Morgan fingerprint density at radius 1 is 1.45 bits per heavy atom. The fraction of sp³-hybridized carbons (Fsp3) is 0.286. The zero-order chi connectivity index (χ0) is 14.5. The van der Waals surface area contributed by atoms with Crippen molar-refractivity contribution in [2.45, 2.75) is 6.92 Å². The molecule has 2 amide bonds. The smallest absolute Gasteiger partial charge is 0.319 e. The summed E-state index contributed by atoms with van der Waals surface area (Å²) in [5.41, 5.74) is 8.77. The molecule has 0 radical (unpaired) electrons. The number of aromatic nitrogens is 1. The molecule has 6 nitrogen and oxygen atoms in total. The van der Waals surface area contributed by atoms with Crippen LogP contribution in [0, 0.1) is 6.92 Å². The lowest BCUT2D eigenvalue weighted by Crippen LogP contribution is -2.31. The third-order valence-electron chi connectivity index (χ3n) is 2.95. The van der Waals surface area contributed by atoms with Gasteiger partial charge < -0.3 is 21.1 Å². The van der Waals surface area contributed by atoms with E-state index in [4.69, 9.17) is 10.5 Å². The Morgan fingerprint density at radius 3 is 3.00 bits per heavy atom. The molecule has 0 saturated heterocycles. The lowest BCUT2D eigenvalue weighted by atomic mass is 10.1. The predicted octanol–water partition coefficient (Wildman–Crippen LogP) is 1.89. The number of rotatable bonds is 4. The van der Waals surface area contributed by atoms with Gasteiger partial charge in [-0.2, -0.15) is 0 Å². The molecule has 1 heterocycles. The number of hydrogen-bond acceptors (Lipinski definition) is 4. The number of nitrogens with two attached hydrogens (primary N) is 1. The van der Waals surface area contributed by atoms with Crippen LogP contribution in [0.2, 0.25) is 0 Å². The lowest BCUT2D eigenvalue weighted by Gasteiger charge is -2.13. The summed E-state index contributed by atoms with van der Waals surface area (Å²) in [5, 5.41) is 6.38. The van der Waals surface area contributed by atoms with Crippen LogP contribution in [0.25, 0.3) is 10.9 Å². The number of nitrogens with zero attached hydrogens (tertiary/aromatic N) is 1. The average molecular weight is 274 g/mol. The summed E-state index contributed by atoms with van der Waals surface area (Å²) in [7, 11) is 1.59. The van der Waals surface area contributed by atoms with Gasteiger partial charge in [-0.25, -0.2) is 4.79 Å². The molecule has 0 saturated carbocycles. The summed E-state index contributed by atoms with van der Waals surface area (Å²) in [5.74, 6) is 0. The SMILES string of the molecule is COCCNC(=O)Nc1c(C)cnc2c(N)cccc12. The van der Waals surface area contributed by atoms with Gasteiger partial charge in [-0.3, -0.25) is 4.98 Å². The molecule has 0 spiro atoms. The average Bonchev–Trinajstić information content (AvgIpc) is 2.43. The molecule has 0 bridgehead atoms. The number of hydrogen-bond donors (Lipinski definition) is 3. The number of benzene rings is 1. The molecule has 0 atom stereocenters. The number of amides is 2. The molecule has 2 aromatic rings. The molecule has 20 heavy (non-hydrogen) atoms. The maximum Gasteiger partial charge on any atom is 0.319 e. The molecule has 1 aromatic heterocycles. The number of carbonyl (C=O) groups is 1. The first-order valence-electron chi connectivity index (χ1n) is 6.31. The molecule has 6 heteroatoms. The number of carbonyl (C=O) groups excluding carboxylic acids is 1. The van der Waals surface area contributed by atoms with Gasteiger partial charge in [0.2, 0.25) is 0 Å². The molecule has 0 aliphatic heterocycles. The van der Waals surface area contributed by atoms with E-state index in [1.54, 1.807) is 19.4 Å². The van der Waals surface area contributed by atoms with Gasteiger partial charge in [0.1, 0.15) is 0 Å². The van der Waals surface area contributed by atoms with E-state index in [1.807, 2.05) is 19.1 Å². The van der Waals surface area contributed by atoms with Crippen molar-refractivity contribution in [3.8, 4) is 0 Å². The Kier molecular flexibility index (Phi) is 4.37. The molecule has 0 aliphatic carbocycles. The van der Waals surface area contributed by atoms with Crippen LogP contribution in [-0.4, -0.2) is 31.3 Å². The van der Waals surface area contributed by atoms with Crippen molar-refractivity contribution in [1.29, 1.82) is 0 Å². The van der Waals surface area contributed by atoms with Crippen LogP contribution in [0.1, 0.15) is 5.56 Å². The zero-order valence-electron chi connectivity index (χ0n) is 11.6. The van der Waals surface area contributed by atoms with Gasteiger partial charge in [-0.15, -0.1) is 0 Å². The highest BCUT2D eigenvalue weighted by Gasteiger charge is 2.10. The van der Waals surface area contributed by atoms with Crippen molar-refractivity contribution in [3.63, 3.8) is 0 Å². The quantitative estimate of drug-likeness (QED) is 0.586. The second-order valence-corrected chi connectivity index (χ2v) is 4.43. The van der Waals surface area contributed by atoms with Crippen molar-refractivity contribution in [2.24, 2.45) is 0 Å². The first kappa shape index (κ1) is 14.1. The van der Waals surface area contributed by atoms with Crippen LogP contribution in [0.15, 0.2) is 24.4 Å². The Balaban J connectivity index is 2.27. The van der Waals surface area contributed by atoms with Crippen molar-refractivity contribution in [1.82, 2.24) is 10.3 Å². The van der Waals surface area contributed by atoms with Crippen LogP contribution in [0.5, 0.6) is 0 Å². The number of pyridine rings is 1. The van der Waals surface area contributed by atoms with E-state index in [0.717, 1.165) is 16.6 Å². The fourth-order valence-corrected chi connectivity index (χ4v) is 1.94. The molecular formula is C14H18N4O2. The van der Waals surface area contributed by atoms with Gasteiger partial charge in [0, 0.05) is 25.2 Å². The van der Waals surface area contributed by atoms with E-state index in [9.17, 15) is 4.79 Å². The third-order valence-corrected chi connectivity index (χ3v) is 2.95. The fourth-order valence-electron chi connectivity index (χ4n) is 1.94. The van der Waals surface area contributed by atoms with Gasteiger partial charge in [-0.05, 0) is 18.6 Å². The van der Waals surface area contributed by atoms with Crippen LogP contribution in [0.4, 0.5) is 16.2 Å². The number of anilines is 2. The standard InChI is InChI=1S/C14H18N4O2/c1-9-8-17-13-10(4-3-5-11(13)15)12(9)18-14(19)16-6-7-20-2/h3-5,8H,6-7,15H2,1-2H3,(H2,16,17,18,19). The van der Waals surface area contributed by atoms with Crippen LogP contribution >= 0.6 is 0 Å². The van der Waals surface area contributed by atoms with E-state index in [2.05, 4.69) is 15.6 Å². The third kappa shape index (κ3) is 2.97. The number of ether oxygens (including phenoxy) is 1. The van der Waals surface area contributed by atoms with Gasteiger partial charge in [0.05, 0.1) is 23.5 Å². The largest absolute Gasteiger partial charge is 0.397 e. The van der Waals surface area contributed by atoms with Gasteiger partial charge in [-0.1, -0.05) is 12.1 Å². The first-order chi connectivity index (χ1) is 9.63. The van der Waals surface area contributed by atoms with Crippen molar-refractivity contribution < 1.29 is 9.53 Å². The van der Waals surface area contributed by atoms with E-state index >= 15 is 0 Å². The van der Waals surface area contributed by atoms with Crippen LogP contribution < -0.4 is 16.4 Å². The number of methoxy groups -OCH3 is 1. The second-order valence-electron chi connectivity index (χ2n) is 4.43. The van der Waals surface area contributed by atoms with Crippen molar-refractivity contribution in [3.05, 3.63) is 30.0 Å². The minimum absolute atomic E-state index is 0.278. The highest BCUT2D eigenvalue weighted by atomic mass is 16.5. The van der Waals surface area contributed by atoms with E-state index < -0.39 is 0 Å². The monoisotopic (exact) mass is 274 g/mol. The Hall–Kier alpha value is -2.34. The molecule has 4 N–H and O–H groups in total. The number of nitrogens with one attached hydrogen (secondary N) is 2. The van der Waals surface area contributed by atoms with Gasteiger partial charge >= 0.3 is 6.03 Å². The first-order valence-corrected chi connectivity index (χ1v) is 6.31. The summed E-state index contributed by atoms with van der Waals surface area (Å²) in [4.78, 5) is 16.1. The highest BCUT2D eigenvalue weighted by Crippen LogP contribution is 2.28. The normalized spacial score (nSPS) is 10.5. The predicted molar refractivity (Wildman–Crippen MR) is 79.8 cm³/mol. The molecular weight excluding hydrogens is 256 g/mol. The molecule has 106 valence electrons. The van der Waals surface area contributed by atoms with E-state index in [-0.39, 0.29) is 6.03 Å². The van der Waals surface area contributed by atoms with E-state index in [0.29, 0.717) is 24.4 Å². The van der Waals surface area contributed by atoms with E-state index in [1.165, 1.54) is 0 Å². The Bertz CT molecular complexity index is 628. The van der Waals surface area contributed by atoms with Crippen molar-refractivity contribution >= 4 is 28.3 Å². The summed E-state index contributed by atoms with van der Waals surface area (Å²) >= 11 is 0. The lowest BCUT2D eigenvalue weighted by molar-refractivity contribution is 0.198. The molecule has 0 aliphatic rings. The number of para-hydroxylation sites is 1. The minimum atomic E-state index is -0.278. The summed E-state index contributed by atoms with van der Waals surface area (Å²) in [6.07, 6.45) is 1.70. The Labute approximate surface area is 117 Å². The molecule has 1 aromatic carbocycles. The van der Waals surface area contributed by atoms with Gasteiger partial charge in [0.15, 0.2) is 0 Å². The molecule has 0 fully saturated rings. The summed E-state index contributed by atoms with van der Waals surface area (Å²) < 4.78 is 4.88. The molecule has 2 rings (SSSR count). The minimum Gasteiger partial charge on any atom is -0.397 e. The topological polar surface area (TPSA) is 89.3 Å². The number of nitrogen functional groups attached to an aromatic ring is 1. The molecule has 0 unspecified atom stereocenters. The van der Waals surface area contributed by atoms with Crippen molar-refractivity contribution in [2.75, 3.05) is 31.3 Å². The number of aryl methyl sites for hydroxylation is 1. The summed E-state index contributed by atoms with van der Waals surface area (Å²) in [6, 6.07) is 5.23. The van der Waals surface area contributed by atoms with Crippen LogP contribution in [-0.2, 0) is 4.74 Å². The number of fused-ring (bicyclic) bond motifs is 1. The van der Waals surface area contributed by atoms with Gasteiger partial charge in [0.25, 0.3) is 0 Å². The number of urea groups is 1. The zero-order valence-corrected chi connectivity index (χ0v) is 11.6. The van der Waals surface area contributed by atoms with Crippen LogP contribution in [0.3, 0.4) is 0 Å². The maximum absolute atomic E-state index is 11.8. The summed E-state index contributed by atoms with van der Waals surface area (Å²) in [6.45, 7) is 2.81. The Morgan fingerprint density at radius 2 is 2.25 bits per heavy atom.